The standard InChI is InChI=1S/C38H42N4O9S/c1-19-21(9-11-31(43)48-5)25-14-26-22(10-12-32(44)49-6)20(2)24(40-26)15-29-37(3,17-33(45)50-7)35(47)27(41-29)16-30-38(4,18-34(46)51-8)36(52)28(42-30)13-23(19)39-25/h13-16,39-40H,9-12,17-18H2,1-8H3/t37-,38-/m0/s1. The molecular formula is C38H42N4O9S. The molecule has 2 atom stereocenters. The minimum absolute atomic E-state index is 0.0361. The van der Waals surface area contributed by atoms with Crippen LogP contribution in [0.3, 0.4) is 0 Å². The van der Waals surface area contributed by atoms with E-state index in [0.717, 1.165) is 22.3 Å². The molecule has 14 heteroatoms. The van der Waals surface area contributed by atoms with Crippen molar-refractivity contribution in [3.63, 3.8) is 0 Å². The van der Waals surface area contributed by atoms with Crippen molar-refractivity contribution in [3.05, 3.63) is 69.3 Å². The fraction of sp³-hybridized carbons (Fsp3) is 0.421. The van der Waals surface area contributed by atoms with Crippen LogP contribution >= 0.6 is 12.2 Å². The van der Waals surface area contributed by atoms with Gasteiger partial charge in [0, 0.05) is 34.9 Å². The van der Waals surface area contributed by atoms with E-state index in [1.165, 1.54) is 34.5 Å². The summed E-state index contributed by atoms with van der Waals surface area (Å²) in [5.41, 5.74) is 4.49. The van der Waals surface area contributed by atoms with E-state index in [4.69, 9.17) is 41.1 Å². The number of carbonyl (C=O) groups is 5. The summed E-state index contributed by atoms with van der Waals surface area (Å²) in [7, 11) is 5.21. The Kier molecular flexibility index (Phi) is 10.8. The van der Waals surface area contributed by atoms with Gasteiger partial charge in [-0.05, 0) is 87.1 Å². The number of Topliss-reactive ketones (excluding diaryl/α,β-unsaturated/α-hetero) is 1. The number of nitrogens with one attached hydrogen (secondary N) is 2. The molecule has 0 radical (unpaired) electrons. The largest absolute Gasteiger partial charge is 0.469 e. The molecule has 2 N–H and O–H groups in total. The Bertz CT molecular complexity index is 2190. The predicted octanol–water partition coefficient (Wildman–Crippen LogP) is 5.09. The van der Waals surface area contributed by atoms with Gasteiger partial charge in [-0.25, -0.2) is 4.98 Å². The van der Waals surface area contributed by atoms with Crippen molar-refractivity contribution in [3.8, 4) is 0 Å². The molecule has 0 fully saturated rings. The molecule has 5 heterocycles. The van der Waals surface area contributed by atoms with Crippen LogP contribution in [0, 0.1) is 13.8 Å². The topological polar surface area (TPSA) is 180 Å². The molecule has 2 aliphatic heterocycles. The molecule has 52 heavy (non-hydrogen) atoms. The van der Waals surface area contributed by atoms with Crippen LogP contribution in [-0.2, 0) is 61.8 Å². The van der Waals surface area contributed by atoms with E-state index in [1.807, 2.05) is 19.9 Å². The molecule has 0 aromatic carbocycles. The zero-order valence-corrected chi connectivity index (χ0v) is 31.3. The van der Waals surface area contributed by atoms with Gasteiger partial charge in [0.05, 0.1) is 74.1 Å². The van der Waals surface area contributed by atoms with E-state index < -0.39 is 28.6 Å². The molecule has 0 unspecified atom stereocenters. The molecule has 0 amide bonds. The highest BCUT2D eigenvalue weighted by molar-refractivity contribution is 7.81. The highest BCUT2D eigenvalue weighted by atomic mass is 32.1. The van der Waals surface area contributed by atoms with Gasteiger partial charge in [0.2, 0.25) is 0 Å². The zero-order chi connectivity index (χ0) is 38.1. The van der Waals surface area contributed by atoms with Gasteiger partial charge in [0.15, 0.2) is 5.78 Å². The Labute approximate surface area is 305 Å². The van der Waals surface area contributed by atoms with Crippen molar-refractivity contribution in [2.24, 2.45) is 0 Å². The van der Waals surface area contributed by atoms with E-state index in [1.54, 1.807) is 26.0 Å². The lowest BCUT2D eigenvalue weighted by molar-refractivity contribution is -0.142. The van der Waals surface area contributed by atoms with E-state index >= 15 is 0 Å². The van der Waals surface area contributed by atoms with Gasteiger partial charge in [-0.15, -0.1) is 0 Å². The number of methoxy groups -OCH3 is 4. The van der Waals surface area contributed by atoms with Crippen LogP contribution in [0.5, 0.6) is 0 Å². The first-order valence-corrected chi connectivity index (χ1v) is 17.1. The second-order valence-corrected chi connectivity index (χ2v) is 13.8. The number of aryl methyl sites for hydroxylation is 4. The first-order valence-electron chi connectivity index (χ1n) is 16.7. The fourth-order valence-electron chi connectivity index (χ4n) is 6.79. The number of rotatable bonds is 10. The van der Waals surface area contributed by atoms with Gasteiger partial charge < -0.3 is 28.9 Å². The average molecular weight is 731 g/mol. The first-order chi connectivity index (χ1) is 24.6. The lowest BCUT2D eigenvalue weighted by atomic mass is 9.78. The number of aromatic nitrogens is 4. The molecule has 0 spiro atoms. The molecule has 0 aliphatic carbocycles. The monoisotopic (exact) mass is 730 g/mol. The number of nitrogens with zero attached hydrogens (tertiary/aromatic N) is 2. The smallest absolute Gasteiger partial charge is 0.306 e. The molecule has 5 rings (SSSR count). The predicted molar refractivity (Wildman–Crippen MR) is 195 cm³/mol. The van der Waals surface area contributed by atoms with Crippen LogP contribution in [-0.4, -0.2) is 82.9 Å². The van der Waals surface area contributed by atoms with Crippen molar-refractivity contribution in [2.45, 2.75) is 77.0 Å². The van der Waals surface area contributed by atoms with Gasteiger partial charge in [-0.2, -0.15) is 0 Å². The van der Waals surface area contributed by atoms with E-state index in [9.17, 15) is 24.0 Å². The third-order valence-electron chi connectivity index (χ3n) is 10.2. The number of esters is 4. The Balaban J connectivity index is 1.94. The quantitative estimate of drug-likeness (QED) is 0.161. The van der Waals surface area contributed by atoms with Gasteiger partial charge in [-0.3, -0.25) is 29.0 Å². The molecule has 0 saturated heterocycles. The SMILES string of the molecule is COC(=O)CCc1c(C)c2cc3nc(cc4nc(cc5[nH]c(cc1[nH]2)c(CCC(=O)OC)c5C)[C@](C)(CC(=O)OC)C4=O)[C@](C)(CC(=O)OC)C3=S. The Hall–Kier alpha value is -5.24. The summed E-state index contributed by atoms with van der Waals surface area (Å²) in [6.45, 7) is 7.22. The molecule has 3 aromatic heterocycles. The first kappa shape index (κ1) is 38.0. The zero-order valence-electron chi connectivity index (χ0n) is 30.5. The summed E-state index contributed by atoms with van der Waals surface area (Å²) in [4.78, 5) is 81.2. The molecule has 13 nitrogen and oxygen atoms in total. The molecule has 0 saturated carbocycles. The number of H-pyrrole nitrogens is 2. The summed E-state index contributed by atoms with van der Waals surface area (Å²) in [6, 6.07) is 6.95. The normalized spacial score (nSPS) is 18.2. The van der Waals surface area contributed by atoms with E-state index in [2.05, 4.69) is 9.97 Å². The van der Waals surface area contributed by atoms with Crippen molar-refractivity contribution in [1.29, 1.82) is 0 Å². The van der Waals surface area contributed by atoms with Crippen molar-refractivity contribution in [1.82, 2.24) is 19.9 Å². The minimum Gasteiger partial charge on any atom is -0.469 e. The number of fused-ring (bicyclic) bond motifs is 8. The van der Waals surface area contributed by atoms with Crippen molar-refractivity contribution < 1.29 is 42.9 Å². The van der Waals surface area contributed by atoms with E-state index in [0.29, 0.717) is 56.9 Å². The maximum Gasteiger partial charge on any atom is 0.306 e. The Morgan fingerprint density at radius 3 is 1.58 bits per heavy atom. The lowest BCUT2D eigenvalue weighted by Crippen LogP contribution is -2.33. The number of ether oxygens (including phenoxy) is 4. The summed E-state index contributed by atoms with van der Waals surface area (Å²) in [6.07, 6.45) is 0.498. The fourth-order valence-corrected chi connectivity index (χ4v) is 7.07. The van der Waals surface area contributed by atoms with Crippen LogP contribution < -0.4 is 0 Å². The number of aromatic amines is 2. The lowest BCUT2D eigenvalue weighted by Gasteiger charge is -2.23. The maximum atomic E-state index is 14.3. The second-order valence-electron chi connectivity index (χ2n) is 13.4. The highest BCUT2D eigenvalue weighted by Crippen LogP contribution is 2.40. The minimum atomic E-state index is -1.41. The number of hydrogen-bond acceptors (Lipinski definition) is 12. The summed E-state index contributed by atoms with van der Waals surface area (Å²) >= 11 is 5.98. The van der Waals surface area contributed by atoms with Gasteiger partial charge in [-0.1, -0.05) is 12.2 Å². The summed E-state index contributed by atoms with van der Waals surface area (Å²) in [5, 5.41) is 0. The van der Waals surface area contributed by atoms with Crippen LogP contribution in [0.4, 0.5) is 0 Å². The highest BCUT2D eigenvalue weighted by Gasteiger charge is 2.46. The van der Waals surface area contributed by atoms with Gasteiger partial charge >= 0.3 is 23.9 Å². The molecular weight excluding hydrogens is 689 g/mol. The number of thiocarbonyl (C=S) groups is 1. The third-order valence-corrected chi connectivity index (χ3v) is 10.8. The van der Waals surface area contributed by atoms with Crippen LogP contribution in [0.1, 0.15) is 89.4 Å². The average Bonchev–Trinajstić information content (AvgIpc) is 3.73. The van der Waals surface area contributed by atoms with Gasteiger partial charge in [0.25, 0.3) is 0 Å². The molecule has 3 aromatic rings. The summed E-state index contributed by atoms with van der Waals surface area (Å²) < 4.78 is 19.9. The van der Waals surface area contributed by atoms with Crippen molar-refractivity contribution in [2.75, 3.05) is 28.4 Å². The van der Waals surface area contributed by atoms with Gasteiger partial charge in [0.1, 0.15) is 5.69 Å². The van der Waals surface area contributed by atoms with Crippen LogP contribution in [0.25, 0.3) is 22.1 Å². The van der Waals surface area contributed by atoms with Crippen molar-refractivity contribution >= 4 is 68.8 Å². The maximum absolute atomic E-state index is 14.3. The molecule has 8 bridgehead atoms. The number of ketones is 1. The second kappa shape index (κ2) is 14.8. The Morgan fingerprint density at radius 2 is 1.08 bits per heavy atom. The molecule has 2 aliphatic rings. The third kappa shape index (κ3) is 6.99. The summed E-state index contributed by atoms with van der Waals surface area (Å²) in [5.74, 6) is -2.29. The van der Waals surface area contributed by atoms with E-state index in [-0.39, 0.29) is 43.3 Å². The Morgan fingerprint density at radius 1 is 0.635 bits per heavy atom. The van der Waals surface area contributed by atoms with Crippen LogP contribution in [0.15, 0.2) is 24.3 Å². The number of carbonyl (C=O) groups excluding carboxylic acids is 5. The number of hydrogen-bond donors (Lipinski definition) is 2. The van der Waals surface area contributed by atoms with Crippen LogP contribution in [0.2, 0.25) is 0 Å². The molecule has 274 valence electrons.